The molecule has 1 aliphatic rings. The Morgan fingerprint density at radius 3 is 2.78 bits per heavy atom. The lowest BCUT2D eigenvalue weighted by Crippen LogP contribution is -2.27. The summed E-state index contributed by atoms with van der Waals surface area (Å²) in [4.78, 5) is 1.79. The molecular weight excluding hydrogens is 241 g/mol. The fourth-order valence-corrected chi connectivity index (χ4v) is 2.53. The summed E-state index contributed by atoms with van der Waals surface area (Å²) in [5.41, 5.74) is 8.71. The van der Waals surface area contributed by atoms with Crippen LogP contribution in [0.25, 0.3) is 0 Å². The van der Waals surface area contributed by atoms with Crippen molar-refractivity contribution >= 4 is 5.69 Å². The van der Waals surface area contributed by atoms with Crippen LogP contribution in [-0.4, -0.2) is 24.7 Å². The zero-order valence-electron chi connectivity index (χ0n) is 10.3. The first-order valence-electron chi connectivity index (χ1n) is 6.02. The van der Waals surface area contributed by atoms with Crippen molar-refractivity contribution < 1.29 is 13.2 Å². The van der Waals surface area contributed by atoms with Gasteiger partial charge in [0, 0.05) is 18.3 Å². The maximum Gasteiger partial charge on any atom is 0.390 e. The number of fused-ring (bicyclic) bond motifs is 1. The third-order valence-corrected chi connectivity index (χ3v) is 3.49. The molecule has 0 saturated heterocycles. The smallest absolute Gasteiger partial charge is 0.390 e. The Labute approximate surface area is 105 Å². The number of hydrogen-bond acceptors (Lipinski definition) is 2. The fourth-order valence-electron chi connectivity index (χ4n) is 2.53. The summed E-state index contributed by atoms with van der Waals surface area (Å²) in [5, 5.41) is 0. The molecule has 1 aromatic rings. The van der Waals surface area contributed by atoms with Crippen LogP contribution in [-0.2, 0) is 6.42 Å². The largest absolute Gasteiger partial charge is 0.399 e. The maximum atomic E-state index is 12.2. The Morgan fingerprint density at radius 1 is 1.39 bits per heavy atom. The van der Waals surface area contributed by atoms with Gasteiger partial charge in [0.1, 0.15) is 0 Å². The third kappa shape index (κ3) is 2.96. The summed E-state index contributed by atoms with van der Waals surface area (Å²) in [6.45, 7) is 0.0397. The van der Waals surface area contributed by atoms with Gasteiger partial charge in [0.05, 0.1) is 6.42 Å². The average Bonchev–Trinajstić information content (AvgIpc) is 2.67. The van der Waals surface area contributed by atoms with Gasteiger partial charge in [-0.2, -0.15) is 13.2 Å². The van der Waals surface area contributed by atoms with Crippen molar-refractivity contribution in [1.29, 1.82) is 0 Å². The molecule has 100 valence electrons. The van der Waals surface area contributed by atoms with E-state index in [4.69, 9.17) is 5.73 Å². The van der Waals surface area contributed by atoms with Crippen LogP contribution in [0.1, 0.15) is 30.0 Å². The SMILES string of the molecule is CN(CCC(F)(F)F)C1CCc2cc(N)ccc21. The van der Waals surface area contributed by atoms with Gasteiger partial charge in [0.2, 0.25) is 0 Å². The summed E-state index contributed by atoms with van der Waals surface area (Å²) in [6, 6.07) is 5.76. The Bertz CT molecular complexity index is 429. The highest BCUT2D eigenvalue weighted by atomic mass is 19.4. The Balaban J connectivity index is 2.04. The van der Waals surface area contributed by atoms with Gasteiger partial charge in [0.25, 0.3) is 0 Å². The summed E-state index contributed by atoms with van der Waals surface area (Å²) >= 11 is 0. The predicted molar refractivity (Wildman–Crippen MR) is 65.2 cm³/mol. The molecule has 0 radical (unpaired) electrons. The summed E-state index contributed by atoms with van der Waals surface area (Å²) in [6.07, 6.45) is -3.09. The van der Waals surface area contributed by atoms with Gasteiger partial charge in [-0.25, -0.2) is 0 Å². The molecule has 0 spiro atoms. The topological polar surface area (TPSA) is 29.3 Å². The number of anilines is 1. The van der Waals surface area contributed by atoms with Gasteiger partial charge in [0.15, 0.2) is 0 Å². The van der Waals surface area contributed by atoms with Crippen LogP contribution in [0.5, 0.6) is 0 Å². The summed E-state index contributed by atoms with van der Waals surface area (Å²) in [7, 11) is 1.75. The molecule has 1 aliphatic carbocycles. The first-order chi connectivity index (χ1) is 8.37. The van der Waals surface area contributed by atoms with Gasteiger partial charge in [-0.3, -0.25) is 4.90 Å². The van der Waals surface area contributed by atoms with Crippen molar-refractivity contribution in [2.45, 2.75) is 31.5 Å². The molecule has 1 unspecified atom stereocenters. The van der Waals surface area contributed by atoms with E-state index in [-0.39, 0.29) is 12.6 Å². The number of nitrogens with zero attached hydrogens (tertiary/aromatic N) is 1. The number of nitrogens with two attached hydrogens (primary N) is 1. The van der Waals surface area contributed by atoms with Gasteiger partial charge in [-0.15, -0.1) is 0 Å². The van der Waals surface area contributed by atoms with Crippen molar-refractivity contribution in [2.75, 3.05) is 19.3 Å². The number of nitrogen functional groups attached to an aromatic ring is 1. The number of benzene rings is 1. The second kappa shape index (κ2) is 4.80. The van der Waals surface area contributed by atoms with Gasteiger partial charge in [-0.05, 0) is 43.1 Å². The number of hydrogen-bond donors (Lipinski definition) is 1. The molecule has 0 heterocycles. The van der Waals surface area contributed by atoms with E-state index in [9.17, 15) is 13.2 Å². The molecule has 0 amide bonds. The van der Waals surface area contributed by atoms with Gasteiger partial charge >= 0.3 is 6.18 Å². The van der Waals surface area contributed by atoms with Crippen molar-refractivity contribution in [3.8, 4) is 0 Å². The Kier molecular flexibility index (Phi) is 3.52. The van der Waals surface area contributed by atoms with Crippen LogP contribution in [0, 0.1) is 0 Å². The van der Waals surface area contributed by atoms with Crippen LogP contribution < -0.4 is 5.73 Å². The molecule has 1 aromatic carbocycles. The molecule has 18 heavy (non-hydrogen) atoms. The zero-order valence-corrected chi connectivity index (χ0v) is 10.3. The van der Waals surface area contributed by atoms with Gasteiger partial charge in [-0.1, -0.05) is 6.07 Å². The molecule has 1 atom stereocenters. The lowest BCUT2D eigenvalue weighted by Gasteiger charge is -2.25. The van der Waals surface area contributed by atoms with Crippen molar-refractivity contribution in [3.05, 3.63) is 29.3 Å². The number of rotatable bonds is 3. The summed E-state index contributed by atoms with van der Waals surface area (Å²) in [5.74, 6) is 0. The van der Waals surface area contributed by atoms with Crippen molar-refractivity contribution in [2.24, 2.45) is 0 Å². The van der Waals surface area contributed by atoms with E-state index in [0.717, 1.165) is 18.4 Å². The van der Waals surface area contributed by atoms with Crippen LogP contribution in [0.4, 0.5) is 18.9 Å². The Hall–Kier alpha value is -1.23. The van der Waals surface area contributed by atoms with Crippen molar-refractivity contribution in [3.63, 3.8) is 0 Å². The van der Waals surface area contributed by atoms with E-state index < -0.39 is 12.6 Å². The Morgan fingerprint density at radius 2 is 2.11 bits per heavy atom. The molecule has 2 N–H and O–H groups in total. The molecule has 2 nitrogen and oxygen atoms in total. The quantitative estimate of drug-likeness (QED) is 0.844. The molecule has 2 rings (SSSR count). The highest BCUT2D eigenvalue weighted by Gasteiger charge is 2.31. The lowest BCUT2D eigenvalue weighted by atomic mass is 10.1. The summed E-state index contributed by atoms with van der Waals surface area (Å²) < 4.78 is 36.6. The highest BCUT2D eigenvalue weighted by molar-refractivity contribution is 5.47. The normalized spacial score (nSPS) is 19.3. The van der Waals surface area contributed by atoms with E-state index in [0.29, 0.717) is 5.69 Å². The minimum atomic E-state index is -4.09. The molecule has 0 fully saturated rings. The van der Waals surface area contributed by atoms with Gasteiger partial charge < -0.3 is 5.73 Å². The monoisotopic (exact) mass is 258 g/mol. The van der Waals surface area contributed by atoms with E-state index >= 15 is 0 Å². The second-order valence-corrected chi connectivity index (χ2v) is 4.86. The molecule has 0 saturated carbocycles. The van der Waals surface area contributed by atoms with Crippen LogP contribution in [0.2, 0.25) is 0 Å². The van der Waals surface area contributed by atoms with E-state index in [2.05, 4.69) is 0 Å². The van der Waals surface area contributed by atoms with Crippen LogP contribution in [0.3, 0.4) is 0 Å². The number of alkyl halides is 3. The van der Waals surface area contributed by atoms with Crippen LogP contribution in [0.15, 0.2) is 18.2 Å². The average molecular weight is 258 g/mol. The highest BCUT2D eigenvalue weighted by Crippen LogP contribution is 2.36. The molecule has 0 aromatic heterocycles. The van der Waals surface area contributed by atoms with E-state index in [1.54, 1.807) is 11.9 Å². The molecule has 0 bridgehead atoms. The first kappa shape index (κ1) is 13.2. The number of halogens is 3. The minimum absolute atomic E-state index is 0.0397. The number of aryl methyl sites for hydroxylation is 1. The predicted octanol–water partition coefficient (Wildman–Crippen LogP) is 3.14. The fraction of sp³-hybridized carbons (Fsp3) is 0.538. The molecule has 0 aliphatic heterocycles. The lowest BCUT2D eigenvalue weighted by molar-refractivity contribution is -0.138. The van der Waals surface area contributed by atoms with E-state index in [1.165, 1.54) is 5.56 Å². The zero-order chi connectivity index (χ0) is 13.3. The maximum absolute atomic E-state index is 12.2. The first-order valence-corrected chi connectivity index (χ1v) is 6.02. The third-order valence-electron chi connectivity index (χ3n) is 3.49. The van der Waals surface area contributed by atoms with E-state index in [1.807, 2.05) is 18.2 Å². The molecular formula is C13H17F3N2. The standard InChI is InChI=1S/C13H17F3N2/c1-18(7-6-13(14,15)16)12-5-2-9-8-10(17)3-4-11(9)12/h3-4,8,12H,2,5-7,17H2,1H3. The van der Waals surface area contributed by atoms with Crippen molar-refractivity contribution in [1.82, 2.24) is 4.90 Å². The second-order valence-electron chi connectivity index (χ2n) is 4.86. The minimum Gasteiger partial charge on any atom is -0.399 e. The van der Waals surface area contributed by atoms with Crippen LogP contribution >= 0.6 is 0 Å². The molecule has 5 heteroatoms.